The molecule has 1 heterocycles. The summed E-state index contributed by atoms with van der Waals surface area (Å²) in [5, 5.41) is 13.0. The van der Waals surface area contributed by atoms with Gasteiger partial charge in [-0.3, -0.25) is 4.79 Å². The van der Waals surface area contributed by atoms with E-state index >= 15 is 0 Å². The number of furan rings is 1. The van der Waals surface area contributed by atoms with Crippen LogP contribution in [-0.4, -0.2) is 24.0 Å². The monoisotopic (exact) mass is 432 g/mol. The lowest BCUT2D eigenvalue weighted by Crippen LogP contribution is -2.50. The molecular formula is C25H24N2O5. The third-order valence-electron chi connectivity index (χ3n) is 5.64. The van der Waals surface area contributed by atoms with Crippen LogP contribution in [0, 0.1) is 11.3 Å². The van der Waals surface area contributed by atoms with E-state index in [1.54, 1.807) is 6.07 Å². The van der Waals surface area contributed by atoms with Gasteiger partial charge < -0.3 is 19.2 Å². The van der Waals surface area contributed by atoms with Crippen LogP contribution in [0.5, 0.6) is 5.75 Å². The van der Waals surface area contributed by atoms with Gasteiger partial charge in [-0.25, -0.2) is 4.79 Å². The molecule has 0 atom stereocenters. The molecule has 7 nitrogen and oxygen atoms in total. The standard InChI is InChI=1S/C25H24N2O5/c26-17-25(13-7-2-8-14-25)27-22(28)16-31-24(29)23-20(15-30-18-9-3-1-4-10-18)19-11-5-6-12-21(19)32-23/h1,3-6,9-12H,2,7-8,13-16H2,(H,27,28). The van der Waals surface area contributed by atoms with Gasteiger partial charge in [0.15, 0.2) is 6.61 Å². The van der Waals surface area contributed by atoms with Gasteiger partial charge in [0.05, 0.1) is 11.6 Å². The SMILES string of the molecule is N#CC1(NC(=O)COC(=O)c2oc3ccccc3c2COc2ccccc2)CCCCC1. The second-order valence-electron chi connectivity index (χ2n) is 7.89. The maximum absolute atomic E-state index is 12.8. The quantitative estimate of drug-likeness (QED) is 0.551. The zero-order valence-electron chi connectivity index (χ0n) is 17.6. The number of amides is 1. The van der Waals surface area contributed by atoms with Crippen molar-refractivity contribution in [3.63, 3.8) is 0 Å². The van der Waals surface area contributed by atoms with Crippen molar-refractivity contribution in [1.29, 1.82) is 5.26 Å². The van der Waals surface area contributed by atoms with Crippen LogP contribution in [0.15, 0.2) is 59.0 Å². The first-order chi connectivity index (χ1) is 15.6. The summed E-state index contributed by atoms with van der Waals surface area (Å²) in [7, 11) is 0. The summed E-state index contributed by atoms with van der Waals surface area (Å²) < 4.78 is 16.8. The average Bonchev–Trinajstić information content (AvgIpc) is 3.21. The van der Waals surface area contributed by atoms with Crippen LogP contribution < -0.4 is 10.1 Å². The molecule has 0 aliphatic heterocycles. The van der Waals surface area contributed by atoms with Crippen LogP contribution in [0.4, 0.5) is 0 Å². The highest BCUT2D eigenvalue weighted by Crippen LogP contribution is 2.29. The van der Waals surface area contributed by atoms with Gasteiger partial charge in [-0.05, 0) is 31.0 Å². The number of carbonyl (C=O) groups is 2. The average molecular weight is 432 g/mol. The summed E-state index contributed by atoms with van der Waals surface area (Å²) in [6.07, 6.45) is 4.03. The Balaban J connectivity index is 1.46. The number of hydrogen-bond donors (Lipinski definition) is 1. The predicted octanol–water partition coefficient (Wildman–Crippen LogP) is 4.51. The summed E-state index contributed by atoms with van der Waals surface area (Å²) in [6.45, 7) is -0.381. The number of fused-ring (bicyclic) bond motifs is 1. The highest BCUT2D eigenvalue weighted by Gasteiger charge is 2.34. The lowest BCUT2D eigenvalue weighted by atomic mass is 9.83. The fourth-order valence-electron chi connectivity index (χ4n) is 4.00. The van der Waals surface area contributed by atoms with Gasteiger partial charge in [0, 0.05) is 5.39 Å². The Morgan fingerprint density at radius 2 is 1.75 bits per heavy atom. The van der Waals surface area contributed by atoms with E-state index in [9.17, 15) is 14.9 Å². The molecule has 0 unspecified atom stereocenters. The molecule has 2 aromatic carbocycles. The van der Waals surface area contributed by atoms with E-state index in [0.717, 1.165) is 24.6 Å². The highest BCUT2D eigenvalue weighted by atomic mass is 16.5. The molecule has 1 fully saturated rings. The largest absolute Gasteiger partial charge is 0.489 e. The van der Waals surface area contributed by atoms with Gasteiger partial charge in [-0.2, -0.15) is 5.26 Å². The number of nitriles is 1. The minimum Gasteiger partial charge on any atom is -0.489 e. The van der Waals surface area contributed by atoms with E-state index in [2.05, 4.69) is 11.4 Å². The lowest BCUT2D eigenvalue weighted by Gasteiger charge is -2.31. The van der Waals surface area contributed by atoms with E-state index in [4.69, 9.17) is 13.9 Å². The van der Waals surface area contributed by atoms with E-state index in [0.29, 0.717) is 29.7 Å². The number of nitrogens with zero attached hydrogens (tertiary/aromatic N) is 1. The van der Waals surface area contributed by atoms with Crippen molar-refractivity contribution in [3.05, 3.63) is 65.9 Å². The van der Waals surface area contributed by atoms with Gasteiger partial charge >= 0.3 is 5.97 Å². The minimum absolute atomic E-state index is 0.00240. The summed E-state index contributed by atoms with van der Waals surface area (Å²) in [6, 6.07) is 18.7. The van der Waals surface area contributed by atoms with Crippen molar-refractivity contribution >= 4 is 22.8 Å². The second kappa shape index (κ2) is 9.56. The third-order valence-corrected chi connectivity index (χ3v) is 5.64. The summed E-state index contributed by atoms with van der Waals surface area (Å²) >= 11 is 0. The molecule has 0 saturated heterocycles. The summed E-state index contributed by atoms with van der Waals surface area (Å²) in [4.78, 5) is 25.2. The van der Waals surface area contributed by atoms with Crippen LogP contribution in [-0.2, 0) is 16.1 Å². The van der Waals surface area contributed by atoms with Gasteiger partial charge in [-0.15, -0.1) is 0 Å². The van der Waals surface area contributed by atoms with E-state index in [1.165, 1.54) is 0 Å². The van der Waals surface area contributed by atoms with Gasteiger partial charge in [0.25, 0.3) is 5.91 Å². The Bertz CT molecular complexity index is 1140. The van der Waals surface area contributed by atoms with Crippen LogP contribution in [0.1, 0.15) is 48.2 Å². The molecule has 1 aliphatic rings. The van der Waals surface area contributed by atoms with Crippen molar-refractivity contribution in [3.8, 4) is 11.8 Å². The molecule has 0 spiro atoms. The van der Waals surface area contributed by atoms with E-state index in [-0.39, 0.29) is 12.4 Å². The Hall–Kier alpha value is -3.79. The number of esters is 1. The number of benzene rings is 2. The molecule has 32 heavy (non-hydrogen) atoms. The zero-order chi connectivity index (χ0) is 22.4. The molecule has 1 aliphatic carbocycles. The molecule has 0 radical (unpaired) electrons. The van der Waals surface area contributed by atoms with Crippen molar-refractivity contribution in [2.75, 3.05) is 6.61 Å². The van der Waals surface area contributed by atoms with Crippen molar-refractivity contribution < 1.29 is 23.5 Å². The Morgan fingerprint density at radius 1 is 1.03 bits per heavy atom. The molecule has 164 valence electrons. The first-order valence-electron chi connectivity index (χ1n) is 10.7. The van der Waals surface area contributed by atoms with E-state index < -0.39 is 24.0 Å². The molecule has 3 aromatic rings. The number of para-hydroxylation sites is 2. The fraction of sp³-hybridized carbons (Fsp3) is 0.320. The van der Waals surface area contributed by atoms with Crippen molar-refractivity contribution in [2.45, 2.75) is 44.2 Å². The number of ether oxygens (including phenoxy) is 2. The minimum atomic E-state index is -0.879. The van der Waals surface area contributed by atoms with Crippen LogP contribution in [0.2, 0.25) is 0 Å². The number of hydrogen-bond acceptors (Lipinski definition) is 6. The smallest absolute Gasteiger partial charge is 0.375 e. The number of carbonyl (C=O) groups excluding carboxylic acids is 2. The zero-order valence-corrected chi connectivity index (χ0v) is 17.6. The molecule has 4 rings (SSSR count). The molecule has 7 heteroatoms. The first-order valence-corrected chi connectivity index (χ1v) is 10.7. The van der Waals surface area contributed by atoms with Gasteiger partial charge in [0.2, 0.25) is 5.76 Å². The van der Waals surface area contributed by atoms with Crippen LogP contribution in [0.25, 0.3) is 11.0 Å². The Labute approximate surface area is 185 Å². The normalized spacial score (nSPS) is 15.0. The van der Waals surface area contributed by atoms with Crippen LogP contribution >= 0.6 is 0 Å². The Morgan fingerprint density at radius 3 is 2.50 bits per heavy atom. The molecule has 1 aromatic heterocycles. The lowest BCUT2D eigenvalue weighted by molar-refractivity contribution is -0.126. The first kappa shape index (κ1) is 21.4. The van der Waals surface area contributed by atoms with E-state index in [1.807, 2.05) is 48.5 Å². The van der Waals surface area contributed by atoms with Crippen molar-refractivity contribution in [2.24, 2.45) is 0 Å². The topological polar surface area (TPSA) is 102 Å². The highest BCUT2D eigenvalue weighted by molar-refractivity contribution is 5.97. The number of rotatable bonds is 7. The molecule has 1 amide bonds. The van der Waals surface area contributed by atoms with Crippen molar-refractivity contribution in [1.82, 2.24) is 5.32 Å². The fourth-order valence-corrected chi connectivity index (χ4v) is 4.00. The second-order valence-corrected chi connectivity index (χ2v) is 7.89. The maximum Gasteiger partial charge on any atom is 0.375 e. The molecule has 1 saturated carbocycles. The summed E-state index contributed by atoms with van der Waals surface area (Å²) in [5.74, 6) is -0.592. The third kappa shape index (κ3) is 4.75. The summed E-state index contributed by atoms with van der Waals surface area (Å²) in [5.41, 5.74) is 0.201. The van der Waals surface area contributed by atoms with Crippen LogP contribution in [0.3, 0.4) is 0 Å². The maximum atomic E-state index is 12.8. The Kier molecular flexibility index (Phi) is 6.41. The molecule has 1 N–H and O–H groups in total. The number of nitrogens with one attached hydrogen (secondary N) is 1. The predicted molar refractivity (Wildman–Crippen MR) is 117 cm³/mol. The van der Waals surface area contributed by atoms with Gasteiger partial charge in [-0.1, -0.05) is 55.7 Å². The van der Waals surface area contributed by atoms with Gasteiger partial charge in [0.1, 0.15) is 23.5 Å². The molecular weight excluding hydrogens is 408 g/mol. The molecule has 0 bridgehead atoms.